The fourth-order valence-electron chi connectivity index (χ4n) is 5.52. The molecule has 1 atom stereocenters. The number of likely N-dealkylation sites (N-methyl/N-ethyl adjacent to an activating group) is 2. The van der Waals surface area contributed by atoms with Gasteiger partial charge >= 0.3 is 0 Å². The van der Waals surface area contributed by atoms with Crippen molar-refractivity contribution in [3.05, 3.63) is 66.4 Å². The maximum atomic E-state index is 12.3. The van der Waals surface area contributed by atoms with E-state index in [2.05, 4.69) is 73.1 Å². The lowest BCUT2D eigenvalue weighted by Gasteiger charge is -2.31. The molecular formula is C32H43N7O2. The minimum absolute atomic E-state index is 0.199. The van der Waals surface area contributed by atoms with Crippen molar-refractivity contribution in [2.45, 2.75) is 32.4 Å². The second-order valence-electron chi connectivity index (χ2n) is 10.6. The fourth-order valence-corrected chi connectivity index (χ4v) is 5.52. The number of allylic oxidation sites excluding steroid dienone is 1. The van der Waals surface area contributed by atoms with Gasteiger partial charge in [0.2, 0.25) is 5.91 Å². The molecule has 1 unspecified atom stereocenters. The summed E-state index contributed by atoms with van der Waals surface area (Å²) in [5.41, 5.74) is 7.22. The van der Waals surface area contributed by atoms with Gasteiger partial charge in [-0.05, 0) is 58.1 Å². The second-order valence-corrected chi connectivity index (χ2v) is 10.6. The number of benzene rings is 2. The number of carbonyl (C=O) groups is 1. The Balaban J connectivity index is 1.55. The number of rotatable bonds is 13. The van der Waals surface area contributed by atoms with Crippen molar-refractivity contribution in [2.24, 2.45) is 4.99 Å². The molecule has 41 heavy (non-hydrogen) atoms. The van der Waals surface area contributed by atoms with Crippen LogP contribution in [0.1, 0.15) is 24.6 Å². The van der Waals surface area contributed by atoms with Gasteiger partial charge in [0.05, 0.1) is 24.2 Å². The number of anilines is 3. The number of hydrogen-bond acceptors (Lipinski definition) is 7. The highest BCUT2D eigenvalue weighted by molar-refractivity contribution is 6.02. The first-order valence-electron chi connectivity index (χ1n) is 14.0. The van der Waals surface area contributed by atoms with Gasteiger partial charge in [-0.2, -0.15) is 0 Å². The molecule has 4 rings (SSSR count). The van der Waals surface area contributed by atoms with Crippen LogP contribution in [-0.2, 0) is 17.8 Å². The average Bonchev–Trinajstić information content (AvgIpc) is 3.56. The summed E-state index contributed by atoms with van der Waals surface area (Å²) < 4.78 is 8.16. The molecule has 0 spiro atoms. The van der Waals surface area contributed by atoms with Crippen LogP contribution < -0.4 is 25.6 Å². The van der Waals surface area contributed by atoms with Crippen molar-refractivity contribution < 1.29 is 9.53 Å². The van der Waals surface area contributed by atoms with Crippen molar-refractivity contribution in [3.63, 3.8) is 0 Å². The number of hydrogen-bond donors (Lipinski definition) is 3. The highest BCUT2D eigenvalue weighted by Gasteiger charge is 2.22. The van der Waals surface area contributed by atoms with Crippen molar-refractivity contribution in [1.82, 2.24) is 14.8 Å². The molecule has 0 bridgehead atoms. The number of nitrogens with zero attached hydrogens (tertiary/aromatic N) is 4. The molecule has 2 heterocycles. The van der Waals surface area contributed by atoms with Gasteiger partial charge in [0.15, 0.2) is 0 Å². The lowest BCUT2D eigenvalue weighted by atomic mass is 10.0. The quantitative estimate of drug-likeness (QED) is 0.207. The number of aromatic nitrogens is 1. The lowest BCUT2D eigenvalue weighted by molar-refractivity contribution is -0.111. The third-order valence-electron chi connectivity index (χ3n) is 7.55. The average molecular weight is 558 g/mol. The Kier molecular flexibility index (Phi) is 9.73. The molecule has 2 aromatic carbocycles. The number of ether oxygens (including phenoxy) is 1. The molecule has 1 aliphatic rings. The van der Waals surface area contributed by atoms with Crippen LogP contribution in [0.4, 0.5) is 17.1 Å². The van der Waals surface area contributed by atoms with E-state index in [1.165, 1.54) is 34.7 Å². The smallest absolute Gasteiger partial charge is 0.247 e. The molecule has 218 valence electrons. The van der Waals surface area contributed by atoms with E-state index in [0.29, 0.717) is 18.1 Å². The summed E-state index contributed by atoms with van der Waals surface area (Å²) >= 11 is 0. The number of para-hydroxylation sites is 1. The highest BCUT2D eigenvalue weighted by atomic mass is 16.5. The van der Waals surface area contributed by atoms with Gasteiger partial charge in [-0.15, -0.1) is 0 Å². The number of nitrogens with one attached hydrogen (secondary N) is 3. The van der Waals surface area contributed by atoms with Crippen LogP contribution in [0.25, 0.3) is 16.6 Å². The Labute approximate surface area is 243 Å². The van der Waals surface area contributed by atoms with Gasteiger partial charge in [0, 0.05) is 73.4 Å². The third kappa shape index (κ3) is 6.57. The number of amides is 1. The molecule has 1 aliphatic heterocycles. The molecule has 3 aromatic rings. The van der Waals surface area contributed by atoms with E-state index >= 15 is 0 Å². The van der Waals surface area contributed by atoms with Crippen LogP contribution in [0.15, 0.2) is 60.1 Å². The topological polar surface area (TPSA) is 86.2 Å². The zero-order valence-corrected chi connectivity index (χ0v) is 25.1. The largest absolute Gasteiger partial charge is 0.495 e. The Bertz CT molecular complexity index is 1450. The van der Waals surface area contributed by atoms with E-state index in [0.717, 1.165) is 36.6 Å². The Hall–Kier alpha value is -4.24. The van der Waals surface area contributed by atoms with Crippen molar-refractivity contribution in [1.29, 1.82) is 0 Å². The van der Waals surface area contributed by atoms with E-state index in [1.807, 2.05) is 52.6 Å². The van der Waals surface area contributed by atoms with Gasteiger partial charge in [-0.1, -0.05) is 24.8 Å². The van der Waals surface area contributed by atoms with E-state index in [4.69, 9.17) is 4.74 Å². The summed E-state index contributed by atoms with van der Waals surface area (Å²) in [4.78, 5) is 21.1. The summed E-state index contributed by atoms with van der Waals surface area (Å²) in [7, 11) is 9.69. The molecule has 0 aliphatic carbocycles. The first-order chi connectivity index (χ1) is 19.8. The Morgan fingerprint density at radius 2 is 2.00 bits per heavy atom. The zero-order chi connectivity index (χ0) is 29.5. The zero-order valence-electron chi connectivity index (χ0n) is 25.1. The first-order valence-corrected chi connectivity index (χ1v) is 14.0. The van der Waals surface area contributed by atoms with E-state index in [1.54, 1.807) is 7.11 Å². The number of carbonyl (C=O) groups excluding carboxylic acids is 1. The molecule has 0 fully saturated rings. The number of aryl methyl sites for hydroxylation is 1. The second kappa shape index (κ2) is 13.4. The number of fused-ring (bicyclic) bond motifs is 3. The van der Waals surface area contributed by atoms with Crippen LogP contribution in [0, 0.1) is 0 Å². The monoisotopic (exact) mass is 557 g/mol. The van der Waals surface area contributed by atoms with Crippen LogP contribution in [0.3, 0.4) is 0 Å². The normalized spacial score (nSPS) is 13.9. The van der Waals surface area contributed by atoms with Crippen LogP contribution in [0.5, 0.6) is 5.75 Å². The molecule has 9 nitrogen and oxygen atoms in total. The molecule has 1 amide bonds. The fraction of sp³-hybridized carbons (Fsp3) is 0.375. The van der Waals surface area contributed by atoms with Crippen molar-refractivity contribution in [2.75, 3.05) is 64.0 Å². The van der Waals surface area contributed by atoms with E-state index in [-0.39, 0.29) is 11.9 Å². The van der Waals surface area contributed by atoms with Crippen LogP contribution in [0.2, 0.25) is 0 Å². The standard InChI is InChI=1S/C32H43N7O2/c1-8-31(40)36-25-18-26(30(41-7)19-29(25)38(6)22(2)20-37(4)5)35-21-34-16-15-24(33-3)32-23-12-9-10-13-27(23)39-17-11-14-28(32)39/h8-10,12-13,15-16,18-19,22,33,35H,1,11,14,17,20-21H2,2-7H3,(H,36,40)/b24-15-,34-16?. The van der Waals surface area contributed by atoms with Crippen LogP contribution >= 0.6 is 0 Å². The van der Waals surface area contributed by atoms with Gasteiger partial charge < -0.3 is 35.1 Å². The molecule has 0 saturated carbocycles. The summed E-state index contributed by atoms with van der Waals surface area (Å²) in [5.74, 6) is 0.390. The minimum Gasteiger partial charge on any atom is -0.495 e. The molecule has 3 N–H and O–H groups in total. The summed E-state index contributed by atoms with van der Waals surface area (Å²) in [6.45, 7) is 7.99. The Morgan fingerprint density at radius 3 is 2.71 bits per heavy atom. The number of aliphatic imine (C=N–C) groups is 1. The molecule has 1 aromatic heterocycles. The van der Waals surface area contributed by atoms with Crippen molar-refractivity contribution in [3.8, 4) is 5.75 Å². The molecule has 0 radical (unpaired) electrons. The first kappa shape index (κ1) is 29.7. The van der Waals surface area contributed by atoms with E-state index < -0.39 is 0 Å². The number of methoxy groups -OCH3 is 1. The molecule has 0 saturated heterocycles. The van der Waals surface area contributed by atoms with Crippen LogP contribution in [-0.4, -0.2) is 76.1 Å². The van der Waals surface area contributed by atoms with Gasteiger partial charge in [-0.3, -0.25) is 9.79 Å². The lowest BCUT2D eigenvalue weighted by Crippen LogP contribution is -2.38. The minimum atomic E-state index is -0.275. The predicted molar refractivity (Wildman–Crippen MR) is 173 cm³/mol. The summed E-state index contributed by atoms with van der Waals surface area (Å²) in [6.07, 6.45) is 7.36. The maximum Gasteiger partial charge on any atom is 0.247 e. The third-order valence-corrected chi connectivity index (χ3v) is 7.55. The molecular weight excluding hydrogens is 514 g/mol. The van der Waals surface area contributed by atoms with Crippen molar-refractivity contribution >= 4 is 45.8 Å². The van der Waals surface area contributed by atoms with Gasteiger partial charge in [0.1, 0.15) is 12.4 Å². The molecule has 9 heteroatoms. The predicted octanol–water partition coefficient (Wildman–Crippen LogP) is 4.81. The van der Waals surface area contributed by atoms with Gasteiger partial charge in [-0.25, -0.2) is 0 Å². The summed E-state index contributed by atoms with van der Waals surface area (Å²) in [6, 6.07) is 12.6. The SMILES string of the molecule is C=CC(=O)Nc1cc(NCN=C/C=C(\NC)c2c3n(c4ccccc24)CCC3)c(OC)cc1N(C)C(C)CN(C)C. The summed E-state index contributed by atoms with van der Waals surface area (Å²) in [5, 5.41) is 10.9. The van der Waals surface area contributed by atoms with Gasteiger partial charge in [0.25, 0.3) is 0 Å². The highest BCUT2D eigenvalue weighted by Crippen LogP contribution is 2.38. The maximum absolute atomic E-state index is 12.3. The van der Waals surface area contributed by atoms with E-state index in [9.17, 15) is 4.79 Å². The Morgan fingerprint density at radius 1 is 1.22 bits per heavy atom.